The van der Waals surface area contributed by atoms with E-state index in [9.17, 15) is 10.1 Å². The minimum atomic E-state index is -0.0484. The van der Waals surface area contributed by atoms with Crippen LogP contribution in [-0.4, -0.2) is 29.8 Å². The molecule has 3 aromatic carbocycles. The molecule has 1 amide bonds. The maximum Gasteiger partial charge on any atom is 0.237 e. The standard InChI is InChI=1S/C28H26N4O2S2/c1-19(2)32(21-11-5-4-6-12-21)26(33)18-35-27(30-20-10-9-13-22(16-20)34-3)23(17-29)28-31-24-14-7-8-15-25(24)36-28/h4-16,19,30H,18H2,1-3H3. The summed E-state index contributed by atoms with van der Waals surface area (Å²) < 4.78 is 6.35. The van der Waals surface area contributed by atoms with Crippen LogP contribution in [0.5, 0.6) is 5.75 Å². The van der Waals surface area contributed by atoms with Crippen LogP contribution in [0.4, 0.5) is 11.4 Å². The Hall–Kier alpha value is -3.80. The average molecular weight is 515 g/mol. The number of hydrogen-bond acceptors (Lipinski definition) is 7. The molecule has 8 heteroatoms. The van der Waals surface area contributed by atoms with Crippen LogP contribution >= 0.6 is 23.1 Å². The highest BCUT2D eigenvalue weighted by molar-refractivity contribution is 8.04. The number of rotatable bonds is 9. The summed E-state index contributed by atoms with van der Waals surface area (Å²) in [4.78, 5) is 19.8. The fourth-order valence-electron chi connectivity index (χ4n) is 3.70. The fraction of sp³-hybridized carbons (Fsp3) is 0.179. The molecular weight excluding hydrogens is 488 g/mol. The van der Waals surface area contributed by atoms with Gasteiger partial charge in [-0.15, -0.1) is 11.3 Å². The number of carbonyl (C=O) groups is 1. The van der Waals surface area contributed by atoms with Crippen molar-refractivity contribution in [2.75, 3.05) is 23.1 Å². The predicted octanol–water partition coefficient (Wildman–Crippen LogP) is 6.78. The van der Waals surface area contributed by atoms with E-state index in [-0.39, 0.29) is 17.7 Å². The Balaban J connectivity index is 1.69. The van der Waals surface area contributed by atoms with Gasteiger partial charge in [-0.2, -0.15) is 5.26 Å². The number of thiazole rings is 1. The molecule has 4 rings (SSSR count). The maximum absolute atomic E-state index is 13.4. The van der Waals surface area contributed by atoms with E-state index in [0.29, 0.717) is 21.4 Å². The molecule has 0 saturated carbocycles. The molecular formula is C28H26N4O2S2. The van der Waals surface area contributed by atoms with Gasteiger partial charge < -0.3 is 15.0 Å². The van der Waals surface area contributed by atoms with E-state index < -0.39 is 0 Å². The molecule has 0 aliphatic heterocycles. The van der Waals surface area contributed by atoms with Crippen LogP contribution in [0.2, 0.25) is 0 Å². The van der Waals surface area contributed by atoms with Crippen molar-refractivity contribution in [3.8, 4) is 11.8 Å². The molecule has 0 aliphatic carbocycles. The minimum Gasteiger partial charge on any atom is -0.497 e. The van der Waals surface area contributed by atoms with Gasteiger partial charge in [0, 0.05) is 23.5 Å². The third-order valence-electron chi connectivity index (χ3n) is 5.33. The van der Waals surface area contributed by atoms with E-state index in [4.69, 9.17) is 4.74 Å². The lowest BCUT2D eigenvalue weighted by Gasteiger charge is -2.27. The van der Waals surface area contributed by atoms with E-state index in [2.05, 4.69) is 16.4 Å². The Labute approximate surface area is 219 Å². The summed E-state index contributed by atoms with van der Waals surface area (Å²) >= 11 is 2.75. The molecule has 1 aromatic heterocycles. The predicted molar refractivity (Wildman–Crippen MR) is 150 cm³/mol. The SMILES string of the molecule is COc1cccc(NC(SCC(=O)N(c2ccccc2)C(C)C)=C(C#N)c2nc3ccccc3s2)c1. The minimum absolute atomic E-state index is 0.0148. The average Bonchev–Trinajstić information content (AvgIpc) is 3.32. The van der Waals surface area contributed by atoms with Crippen molar-refractivity contribution in [3.05, 3.63) is 88.9 Å². The van der Waals surface area contributed by atoms with E-state index in [1.165, 1.54) is 23.1 Å². The molecule has 6 nitrogen and oxygen atoms in total. The first-order valence-corrected chi connectivity index (χ1v) is 13.2. The third-order valence-corrected chi connectivity index (χ3v) is 7.37. The molecule has 0 aliphatic rings. The number of aromatic nitrogens is 1. The summed E-state index contributed by atoms with van der Waals surface area (Å²) in [5, 5.41) is 14.7. The Morgan fingerprint density at radius 1 is 1.11 bits per heavy atom. The zero-order valence-electron chi connectivity index (χ0n) is 20.3. The van der Waals surface area contributed by atoms with Gasteiger partial charge in [-0.3, -0.25) is 4.79 Å². The van der Waals surface area contributed by atoms with Crippen LogP contribution in [0.3, 0.4) is 0 Å². The van der Waals surface area contributed by atoms with Gasteiger partial charge in [0.2, 0.25) is 5.91 Å². The highest BCUT2D eigenvalue weighted by Gasteiger charge is 2.22. The first kappa shape index (κ1) is 25.3. The number of amides is 1. The number of nitriles is 1. The summed E-state index contributed by atoms with van der Waals surface area (Å²) in [7, 11) is 1.61. The van der Waals surface area contributed by atoms with Gasteiger partial charge in [-0.05, 0) is 50.2 Å². The maximum atomic E-state index is 13.4. The third kappa shape index (κ3) is 5.88. The number of para-hydroxylation sites is 2. The second-order valence-electron chi connectivity index (χ2n) is 8.14. The number of nitrogens with zero attached hydrogens (tertiary/aromatic N) is 3. The van der Waals surface area contributed by atoms with Crippen molar-refractivity contribution in [1.29, 1.82) is 5.26 Å². The molecule has 0 atom stereocenters. The van der Waals surface area contributed by atoms with E-state index in [1.54, 1.807) is 12.0 Å². The van der Waals surface area contributed by atoms with Gasteiger partial charge in [-0.25, -0.2) is 4.98 Å². The molecule has 0 bridgehead atoms. The van der Waals surface area contributed by atoms with Crippen LogP contribution in [-0.2, 0) is 4.79 Å². The highest BCUT2D eigenvalue weighted by Crippen LogP contribution is 2.34. The van der Waals surface area contributed by atoms with Gasteiger partial charge in [-0.1, -0.05) is 48.2 Å². The Morgan fingerprint density at radius 2 is 1.86 bits per heavy atom. The van der Waals surface area contributed by atoms with Crippen molar-refractivity contribution in [2.24, 2.45) is 0 Å². The topological polar surface area (TPSA) is 78.2 Å². The zero-order valence-corrected chi connectivity index (χ0v) is 21.9. The number of nitrogens with one attached hydrogen (secondary N) is 1. The number of fused-ring (bicyclic) bond motifs is 1. The van der Waals surface area contributed by atoms with E-state index in [0.717, 1.165) is 21.6 Å². The lowest BCUT2D eigenvalue weighted by molar-refractivity contribution is -0.116. The number of thioether (sulfide) groups is 1. The van der Waals surface area contributed by atoms with Gasteiger partial charge in [0.15, 0.2) is 0 Å². The van der Waals surface area contributed by atoms with Gasteiger partial charge in [0.25, 0.3) is 0 Å². The van der Waals surface area contributed by atoms with Gasteiger partial charge in [0.05, 0.1) is 28.1 Å². The smallest absolute Gasteiger partial charge is 0.237 e. The summed E-state index contributed by atoms with van der Waals surface area (Å²) in [5.41, 5.74) is 2.83. The Kier molecular flexibility index (Phi) is 8.26. The monoisotopic (exact) mass is 514 g/mol. The van der Waals surface area contributed by atoms with Crippen LogP contribution in [0.1, 0.15) is 18.9 Å². The molecule has 0 fully saturated rings. The van der Waals surface area contributed by atoms with Crippen molar-refractivity contribution >= 4 is 56.2 Å². The second kappa shape index (κ2) is 11.8. The second-order valence-corrected chi connectivity index (χ2v) is 10.2. The van der Waals surface area contributed by atoms with Crippen molar-refractivity contribution < 1.29 is 9.53 Å². The Morgan fingerprint density at radius 3 is 2.56 bits per heavy atom. The van der Waals surface area contributed by atoms with Crippen LogP contribution in [0.25, 0.3) is 15.8 Å². The number of anilines is 2. The fourth-order valence-corrected chi connectivity index (χ4v) is 5.61. The van der Waals surface area contributed by atoms with Gasteiger partial charge in [0.1, 0.15) is 22.4 Å². The van der Waals surface area contributed by atoms with Crippen LogP contribution in [0, 0.1) is 11.3 Å². The van der Waals surface area contributed by atoms with Crippen molar-refractivity contribution in [3.63, 3.8) is 0 Å². The Bertz CT molecular complexity index is 1390. The number of allylic oxidation sites excluding steroid dienone is 1. The molecule has 36 heavy (non-hydrogen) atoms. The lowest BCUT2D eigenvalue weighted by atomic mass is 10.2. The van der Waals surface area contributed by atoms with Crippen molar-refractivity contribution in [1.82, 2.24) is 4.98 Å². The molecule has 0 unspecified atom stereocenters. The largest absolute Gasteiger partial charge is 0.497 e. The van der Waals surface area contributed by atoms with Gasteiger partial charge >= 0.3 is 0 Å². The number of methoxy groups -OCH3 is 1. The summed E-state index contributed by atoms with van der Waals surface area (Å²) in [6, 6.07) is 27.2. The normalized spacial score (nSPS) is 11.6. The highest BCUT2D eigenvalue weighted by atomic mass is 32.2. The van der Waals surface area contributed by atoms with E-state index in [1.807, 2.05) is 92.7 Å². The summed E-state index contributed by atoms with van der Waals surface area (Å²) in [6.07, 6.45) is 0. The first-order chi connectivity index (χ1) is 17.5. The molecule has 1 heterocycles. The molecule has 1 N–H and O–H groups in total. The van der Waals surface area contributed by atoms with E-state index >= 15 is 0 Å². The number of carbonyl (C=O) groups excluding carboxylic acids is 1. The summed E-state index contributed by atoms with van der Waals surface area (Å²) in [6.45, 7) is 3.98. The molecule has 4 aromatic rings. The molecule has 0 radical (unpaired) electrons. The van der Waals surface area contributed by atoms with Crippen LogP contribution < -0.4 is 15.0 Å². The number of ether oxygens (including phenoxy) is 1. The zero-order chi connectivity index (χ0) is 25.5. The molecule has 0 saturated heterocycles. The number of benzene rings is 3. The van der Waals surface area contributed by atoms with Crippen LogP contribution in [0.15, 0.2) is 83.9 Å². The quantitative estimate of drug-likeness (QED) is 0.248. The summed E-state index contributed by atoms with van der Waals surface area (Å²) in [5.74, 6) is 0.789. The molecule has 0 spiro atoms. The number of hydrogen-bond donors (Lipinski definition) is 1. The molecule has 182 valence electrons. The first-order valence-electron chi connectivity index (χ1n) is 11.4. The van der Waals surface area contributed by atoms with Crippen molar-refractivity contribution in [2.45, 2.75) is 19.9 Å². The lowest BCUT2D eigenvalue weighted by Crippen LogP contribution is -2.38.